The van der Waals surface area contributed by atoms with E-state index >= 15 is 0 Å². The van der Waals surface area contributed by atoms with E-state index in [-0.39, 0.29) is 28.6 Å². The van der Waals surface area contributed by atoms with Crippen LogP contribution in [0.25, 0.3) is 6.08 Å². The number of carbonyl (C=O) groups excluding carboxylic acids is 1. The first-order valence-electron chi connectivity index (χ1n) is 10.4. The predicted molar refractivity (Wildman–Crippen MR) is 141 cm³/mol. The Morgan fingerprint density at radius 3 is 2.53 bits per heavy atom. The first kappa shape index (κ1) is 27.0. The van der Waals surface area contributed by atoms with Gasteiger partial charge in [-0.25, -0.2) is 0 Å². The van der Waals surface area contributed by atoms with Crippen molar-refractivity contribution in [3.05, 3.63) is 95.9 Å². The molecule has 1 N–H and O–H groups in total. The Labute approximate surface area is 225 Å². The van der Waals surface area contributed by atoms with E-state index in [1.807, 2.05) is 6.07 Å². The summed E-state index contributed by atoms with van der Waals surface area (Å²) in [5.74, 6) is 0.130. The molecule has 3 rings (SSSR count). The number of ether oxygens (including phenoxy) is 2. The van der Waals surface area contributed by atoms with Gasteiger partial charge in [0.25, 0.3) is 11.6 Å². The van der Waals surface area contributed by atoms with Crippen molar-refractivity contribution in [2.24, 2.45) is 0 Å². The van der Waals surface area contributed by atoms with Crippen molar-refractivity contribution in [1.82, 2.24) is 0 Å². The summed E-state index contributed by atoms with van der Waals surface area (Å²) in [5.41, 5.74) is 1.33. The summed E-state index contributed by atoms with van der Waals surface area (Å²) in [6.45, 7) is 2.28. The fraction of sp³-hybridized carbons (Fsp3) is 0.120. The highest BCUT2D eigenvalue weighted by Gasteiger charge is 2.16. The van der Waals surface area contributed by atoms with Crippen LogP contribution in [0.3, 0.4) is 0 Å². The molecule has 1 amide bonds. The maximum atomic E-state index is 12.7. The zero-order valence-corrected chi connectivity index (χ0v) is 21.9. The number of nitro groups is 1. The SMILES string of the molecule is CCOc1cc(/C=C(\C#N)C(=O)Nc2cc(Cl)ccc2Cl)cc(Br)c1OCc1ccc([N+](=O)[O-])cc1. The van der Waals surface area contributed by atoms with Crippen LogP contribution in [0.15, 0.2) is 64.6 Å². The molecule has 0 unspecified atom stereocenters. The van der Waals surface area contributed by atoms with Crippen molar-refractivity contribution < 1.29 is 19.2 Å². The minimum atomic E-state index is -0.658. The van der Waals surface area contributed by atoms with Crippen molar-refractivity contribution in [3.8, 4) is 17.6 Å². The maximum absolute atomic E-state index is 12.7. The smallest absolute Gasteiger partial charge is 0.269 e. The number of halogens is 3. The number of amides is 1. The van der Waals surface area contributed by atoms with E-state index in [1.165, 1.54) is 30.3 Å². The van der Waals surface area contributed by atoms with Gasteiger partial charge in [0, 0.05) is 17.2 Å². The fourth-order valence-corrected chi connectivity index (χ4v) is 3.95. The van der Waals surface area contributed by atoms with E-state index < -0.39 is 10.8 Å². The van der Waals surface area contributed by atoms with Crippen LogP contribution in [-0.4, -0.2) is 17.4 Å². The number of anilines is 1. The van der Waals surface area contributed by atoms with Crippen LogP contribution in [0, 0.1) is 21.4 Å². The Bertz CT molecular complexity index is 1370. The van der Waals surface area contributed by atoms with E-state index in [0.29, 0.717) is 33.2 Å². The van der Waals surface area contributed by atoms with Gasteiger partial charge in [0.1, 0.15) is 18.2 Å². The van der Waals surface area contributed by atoms with Crippen LogP contribution in [-0.2, 0) is 11.4 Å². The second kappa shape index (κ2) is 12.4. The van der Waals surface area contributed by atoms with Gasteiger partial charge in [-0.15, -0.1) is 0 Å². The summed E-state index contributed by atoms with van der Waals surface area (Å²) in [6.07, 6.45) is 1.40. The van der Waals surface area contributed by atoms with Gasteiger partial charge in [0.15, 0.2) is 11.5 Å². The van der Waals surface area contributed by atoms with Crippen molar-refractivity contribution >= 4 is 62.5 Å². The van der Waals surface area contributed by atoms with Gasteiger partial charge in [-0.3, -0.25) is 14.9 Å². The first-order valence-corrected chi connectivity index (χ1v) is 12.0. The third-order valence-corrected chi connectivity index (χ3v) is 5.87. The highest BCUT2D eigenvalue weighted by Crippen LogP contribution is 2.38. The summed E-state index contributed by atoms with van der Waals surface area (Å²) in [4.78, 5) is 23.0. The molecule has 0 aliphatic heterocycles. The van der Waals surface area contributed by atoms with E-state index in [9.17, 15) is 20.2 Å². The van der Waals surface area contributed by atoms with Gasteiger partial charge in [0.05, 0.1) is 26.7 Å². The number of non-ortho nitro benzene ring substituents is 1. The lowest BCUT2D eigenvalue weighted by Crippen LogP contribution is -2.13. The Hall–Kier alpha value is -3.58. The molecule has 0 fully saturated rings. The van der Waals surface area contributed by atoms with E-state index in [1.54, 1.807) is 37.3 Å². The van der Waals surface area contributed by atoms with Crippen LogP contribution in [0.4, 0.5) is 11.4 Å². The normalized spacial score (nSPS) is 10.9. The summed E-state index contributed by atoms with van der Waals surface area (Å²) in [7, 11) is 0. The van der Waals surface area contributed by atoms with Crippen molar-refractivity contribution in [2.45, 2.75) is 13.5 Å². The van der Waals surface area contributed by atoms with Gasteiger partial charge in [-0.1, -0.05) is 23.2 Å². The van der Waals surface area contributed by atoms with Crippen LogP contribution < -0.4 is 14.8 Å². The Kier molecular flexibility index (Phi) is 9.31. The number of nitrogens with zero attached hydrogens (tertiary/aromatic N) is 2. The molecule has 3 aromatic carbocycles. The van der Waals surface area contributed by atoms with Crippen molar-refractivity contribution in [3.63, 3.8) is 0 Å². The number of rotatable bonds is 9. The molecule has 0 aliphatic rings. The Morgan fingerprint density at radius 1 is 1.17 bits per heavy atom. The molecule has 36 heavy (non-hydrogen) atoms. The fourth-order valence-electron chi connectivity index (χ4n) is 3.04. The van der Waals surface area contributed by atoms with Crippen LogP contribution >= 0.6 is 39.1 Å². The zero-order chi connectivity index (χ0) is 26.2. The molecule has 0 aliphatic carbocycles. The molecule has 0 aromatic heterocycles. The molecule has 0 bridgehead atoms. The zero-order valence-electron chi connectivity index (χ0n) is 18.8. The van der Waals surface area contributed by atoms with Gasteiger partial charge in [0.2, 0.25) is 0 Å². The minimum absolute atomic E-state index is 0.0129. The minimum Gasteiger partial charge on any atom is -0.490 e. The third kappa shape index (κ3) is 6.98. The standard InChI is InChI=1S/C25H18BrCl2N3O5/c1-2-35-23-11-16(9-17(13-29)25(32)30-22-12-18(27)5-8-21(22)28)10-20(26)24(23)36-14-15-3-6-19(7-4-15)31(33)34/h3-12H,2,14H2,1H3,(H,30,32)/b17-9+. The first-order chi connectivity index (χ1) is 17.2. The lowest BCUT2D eigenvalue weighted by molar-refractivity contribution is -0.384. The Balaban J connectivity index is 1.84. The molecule has 184 valence electrons. The van der Waals surface area contributed by atoms with Crippen LogP contribution in [0.2, 0.25) is 10.0 Å². The molecule has 0 saturated heterocycles. The third-order valence-electron chi connectivity index (χ3n) is 4.71. The molecule has 0 spiro atoms. The number of nitrogens with one attached hydrogen (secondary N) is 1. The van der Waals surface area contributed by atoms with Gasteiger partial charge in [-0.05, 0) is 82.5 Å². The molecule has 0 radical (unpaired) electrons. The number of hydrogen-bond donors (Lipinski definition) is 1. The maximum Gasteiger partial charge on any atom is 0.269 e. The van der Waals surface area contributed by atoms with Crippen LogP contribution in [0.5, 0.6) is 11.5 Å². The number of hydrogen-bond acceptors (Lipinski definition) is 6. The molecule has 0 saturated carbocycles. The highest BCUT2D eigenvalue weighted by atomic mass is 79.9. The number of nitro benzene ring substituents is 1. The summed E-state index contributed by atoms with van der Waals surface area (Å²) in [6, 6.07) is 15.8. The van der Waals surface area contributed by atoms with Crippen molar-refractivity contribution in [1.29, 1.82) is 5.26 Å². The lowest BCUT2D eigenvalue weighted by atomic mass is 10.1. The Morgan fingerprint density at radius 2 is 1.89 bits per heavy atom. The average molecular weight is 591 g/mol. The summed E-state index contributed by atoms with van der Waals surface area (Å²) < 4.78 is 12.1. The molecule has 3 aromatic rings. The number of nitriles is 1. The topological polar surface area (TPSA) is 114 Å². The summed E-state index contributed by atoms with van der Waals surface area (Å²) >= 11 is 15.5. The van der Waals surface area contributed by atoms with E-state index in [2.05, 4.69) is 21.2 Å². The average Bonchev–Trinajstić information content (AvgIpc) is 2.84. The highest BCUT2D eigenvalue weighted by molar-refractivity contribution is 9.10. The molecular formula is C25H18BrCl2N3O5. The largest absolute Gasteiger partial charge is 0.490 e. The monoisotopic (exact) mass is 589 g/mol. The van der Waals surface area contributed by atoms with E-state index in [0.717, 1.165) is 5.56 Å². The summed E-state index contributed by atoms with van der Waals surface area (Å²) in [5, 5.41) is 23.6. The number of benzene rings is 3. The van der Waals surface area contributed by atoms with Crippen molar-refractivity contribution in [2.75, 3.05) is 11.9 Å². The molecule has 0 atom stereocenters. The second-order valence-electron chi connectivity index (χ2n) is 7.22. The second-order valence-corrected chi connectivity index (χ2v) is 8.92. The lowest BCUT2D eigenvalue weighted by Gasteiger charge is -2.15. The van der Waals surface area contributed by atoms with Gasteiger partial charge >= 0.3 is 0 Å². The predicted octanol–water partition coefficient (Wildman–Crippen LogP) is 7.19. The molecule has 8 nitrogen and oxygen atoms in total. The number of carbonyl (C=O) groups is 1. The van der Waals surface area contributed by atoms with Crippen LogP contribution in [0.1, 0.15) is 18.1 Å². The molecule has 11 heteroatoms. The van der Waals surface area contributed by atoms with Gasteiger partial charge < -0.3 is 14.8 Å². The molecule has 0 heterocycles. The van der Waals surface area contributed by atoms with Gasteiger partial charge in [-0.2, -0.15) is 5.26 Å². The molecular weight excluding hydrogens is 573 g/mol. The quantitative estimate of drug-likeness (QED) is 0.122. The van der Waals surface area contributed by atoms with E-state index in [4.69, 9.17) is 32.7 Å².